The van der Waals surface area contributed by atoms with Crippen LogP contribution < -0.4 is 0 Å². The maximum absolute atomic E-state index is 2.77. The van der Waals surface area contributed by atoms with Crippen molar-refractivity contribution in [1.82, 2.24) is 29.4 Å². The first-order valence-corrected chi connectivity index (χ1v) is 40.1. The first-order valence-electron chi connectivity index (χ1n) is 40.1. The second-order valence-corrected chi connectivity index (χ2v) is 38.0. The van der Waals surface area contributed by atoms with Crippen LogP contribution >= 0.6 is 0 Å². The van der Waals surface area contributed by atoms with Crippen LogP contribution in [-0.4, -0.2) is 283 Å². The van der Waals surface area contributed by atoms with E-state index in [-0.39, 0.29) is 0 Å². The molecule has 0 aliphatic carbocycles. The lowest BCUT2D eigenvalue weighted by Crippen LogP contribution is -2.56. The van der Waals surface area contributed by atoms with Gasteiger partial charge in [-0.1, -0.05) is 41.5 Å². The summed E-state index contributed by atoms with van der Waals surface area (Å²) in [5, 5.41) is 0. The van der Waals surface area contributed by atoms with Gasteiger partial charge in [-0.15, -0.1) is 0 Å². The smallest absolute Gasteiger partial charge is 0.136 e. The SMILES string of the molecule is CCC(C)(C)N1C[N+]2(CCCC2)C(C)C1C.CCC(C)(C)N1C[N+]2(CCCC2)CC1(C)C.CCC(C)N1CC(C)(C)[N+]2(CCCC2)C1.CCC(C)N1C[N+]2(CCCC2)C(C)C1C.CCC(C)N1C[N+]2(CCCC2)CC1(C)C.CCCN1CC(C)(C)[N+]2(CCCC2)C1. The van der Waals surface area contributed by atoms with Crippen LogP contribution in [-0.2, 0) is 0 Å². The molecule has 7 atom stereocenters. The second kappa shape index (κ2) is 30.6. The molecule has 0 aromatic rings. The van der Waals surface area contributed by atoms with E-state index < -0.39 is 0 Å². The standard InChI is InChI=1S/2C14H29N2.3C13H27N2.C12H25N2/c1-6-13(2,3)15-12-16(9-7-8-10-16)11-14(15,4)5;1-6-14(4,5)15-11-16(9-7-8-10-16)13(3)12(15)2;1-5-12(2)14-11-15(8-6-7-9-15)10-13(14,3)4;1-5-12(2)14-10-13(3,4)15(11-14)8-6-7-9-15;1-5-11(2)14-10-15(8-6-7-9-15)13(4)12(14)3;1-4-7-13-10-12(2,3)14(11-13)8-5-6-9-14/h6-12H2,1-5H3;12-13H,6-11H2,1-5H3;2*12H,5-11H2,1-4H3;11-13H,5-10H2,1-4H3;4-11H2,1-3H3/q6*+1. The third kappa shape index (κ3) is 16.7. The minimum atomic E-state index is 0.355. The highest BCUT2D eigenvalue weighted by Gasteiger charge is 2.58. The van der Waals surface area contributed by atoms with E-state index in [0.717, 1.165) is 42.3 Å². The zero-order valence-corrected chi connectivity index (χ0v) is 66.4. The molecule has 534 valence electrons. The molecule has 12 aliphatic rings. The Morgan fingerprint density at radius 3 is 1.29 bits per heavy atom. The lowest BCUT2D eigenvalue weighted by atomic mass is 9.93. The van der Waals surface area contributed by atoms with Crippen molar-refractivity contribution in [1.29, 1.82) is 0 Å². The Kier molecular flexibility index (Phi) is 26.1. The molecule has 7 unspecified atom stereocenters. The Morgan fingerprint density at radius 1 is 0.418 bits per heavy atom. The van der Waals surface area contributed by atoms with Crippen molar-refractivity contribution >= 4 is 0 Å². The Bertz CT molecular complexity index is 2180. The van der Waals surface area contributed by atoms with Gasteiger partial charge >= 0.3 is 0 Å². The summed E-state index contributed by atoms with van der Waals surface area (Å²) in [5.41, 5.74) is 2.51. The molecule has 0 amide bonds. The molecule has 12 fully saturated rings. The highest BCUT2D eigenvalue weighted by Crippen LogP contribution is 2.44. The average Bonchev–Trinajstić information content (AvgIpc) is 1.68. The summed E-state index contributed by atoms with van der Waals surface area (Å²) in [6, 6.07) is 5.47. The third-order valence-corrected chi connectivity index (χ3v) is 29.6. The first-order chi connectivity index (χ1) is 42.4. The topological polar surface area (TPSA) is 19.4 Å². The number of hydrogen-bond acceptors (Lipinski definition) is 6. The molecule has 12 heteroatoms. The van der Waals surface area contributed by atoms with Crippen molar-refractivity contribution in [2.45, 2.75) is 364 Å². The largest absolute Gasteiger partial charge is 0.310 e. The van der Waals surface area contributed by atoms with Crippen molar-refractivity contribution in [2.24, 2.45) is 0 Å². The van der Waals surface area contributed by atoms with Gasteiger partial charge in [-0.25, -0.2) is 24.5 Å². The molecular formula is C79H164N12+6. The molecule has 0 N–H and O–H groups in total. The lowest BCUT2D eigenvalue weighted by Gasteiger charge is -2.40. The quantitative estimate of drug-likeness (QED) is 0.180. The van der Waals surface area contributed by atoms with Gasteiger partial charge in [0.25, 0.3) is 0 Å². The van der Waals surface area contributed by atoms with Gasteiger partial charge in [0.2, 0.25) is 0 Å². The fourth-order valence-corrected chi connectivity index (χ4v) is 22.0. The van der Waals surface area contributed by atoms with E-state index in [2.05, 4.69) is 202 Å². The van der Waals surface area contributed by atoms with Crippen LogP contribution in [0.5, 0.6) is 0 Å². The van der Waals surface area contributed by atoms with Crippen molar-refractivity contribution < 1.29 is 26.9 Å². The maximum atomic E-state index is 2.77. The molecular weight excluding hydrogens is 1120 g/mol. The fourth-order valence-electron chi connectivity index (χ4n) is 22.0. The number of nitrogens with zero attached hydrogens (tertiary/aromatic N) is 12. The molecule has 12 nitrogen and oxygen atoms in total. The molecule has 12 rings (SSSR count). The third-order valence-electron chi connectivity index (χ3n) is 29.6. The van der Waals surface area contributed by atoms with Gasteiger partial charge in [-0.2, -0.15) is 0 Å². The van der Waals surface area contributed by atoms with Gasteiger partial charge in [0.15, 0.2) is 0 Å². The zero-order chi connectivity index (χ0) is 67.5. The molecule has 12 heterocycles. The van der Waals surface area contributed by atoms with Gasteiger partial charge in [0.1, 0.15) is 63.2 Å². The molecule has 0 aromatic carbocycles. The molecule has 0 radical (unpaired) electrons. The Morgan fingerprint density at radius 2 is 0.824 bits per heavy atom. The Hall–Kier alpha value is -0.480. The van der Waals surface area contributed by atoms with Gasteiger partial charge in [0.05, 0.1) is 128 Å². The van der Waals surface area contributed by atoms with Crippen molar-refractivity contribution in [2.75, 3.05) is 151 Å². The highest BCUT2D eigenvalue weighted by atomic mass is 15.6. The van der Waals surface area contributed by atoms with Gasteiger partial charge < -0.3 is 26.9 Å². The van der Waals surface area contributed by atoms with Crippen LogP contribution in [0.1, 0.15) is 289 Å². The van der Waals surface area contributed by atoms with Crippen LogP contribution in [0, 0.1) is 0 Å². The Balaban J connectivity index is 0.000000155. The molecule has 0 aromatic heterocycles. The number of hydrogen-bond donors (Lipinski definition) is 0. The van der Waals surface area contributed by atoms with Gasteiger partial charge in [0, 0.05) is 113 Å². The molecule has 12 saturated heterocycles. The normalized spacial score (nSPS) is 32.4. The van der Waals surface area contributed by atoms with Crippen LogP contribution in [0.2, 0.25) is 0 Å². The van der Waals surface area contributed by atoms with Crippen molar-refractivity contribution in [3.05, 3.63) is 0 Å². The highest BCUT2D eigenvalue weighted by molar-refractivity contribution is 4.96. The summed E-state index contributed by atoms with van der Waals surface area (Å²) in [5.74, 6) is 0. The number of rotatable bonds is 12. The van der Waals surface area contributed by atoms with E-state index in [0.29, 0.717) is 33.2 Å². The van der Waals surface area contributed by atoms with Crippen LogP contribution in [0.15, 0.2) is 0 Å². The minimum Gasteiger partial charge on any atom is -0.310 e. The monoisotopic (exact) mass is 1280 g/mol. The summed E-state index contributed by atoms with van der Waals surface area (Å²) in [4.78, 5) is 16.4. The second-order valence-electron chi connectivity index (χ2n) is 38.0. The van der Waals surface area contributed by atoms with Gasteiger partial charge in [-0.3, -0.25) is 4.90 Å². The van der Waals surface area contributed by atoms with Gasteiger partial charge in [-0.05, 0) is 170 Å². The molecule has 91 heavy (non-hydrogen) atoms. The van der Waals surface area contributed by atoms with Crippen molar-refractivity contribution in [3.8, 4) is 0 Å². The van der Waals surface area contributed by atoms with Crippen molar-refractivity contribution in [3.63, 3.8) is 0 Å². The minimum absolute atomic E-state index is 0.355. The summed E-state index contributed by atoms with van der Waals surface area (Å²) < 4.78 is 8.29. The summed E-state index contributed by atoms with van der Waals surface area (Å²) in [6.45, 7) is 91.6. The van der Waals surface area contributed by atoms with E-state index in [1.54, 1.807) is 0 Å². The summed E-state index contributed by atoms with van der Waals surface area (Å²) in [7, 11) is 0. The van der Waals surface area contributed by atoms with E-state index in [9.17, 15) is 0 Å². The van der Waals surface area contributed by atoms with Crippen LogP contribution in [0.25, 0.3) is 0 Å². The maximum Gasteiger partial charge on any atom is 0.136 e. The van der Waals surface area contributed by atoms with Crippen LogP contribution in [0.3, 0.4) is 0 Å². The number of quaternary nitrogens is 6. The molecule has 0 saturated carbocycles. The first kappa shape index (κ1) is 77.9. The predicted molar refractivity (Wildman–Crippen MR) is 392 cm³/mol. The zero-order valence-electron chi connectivity index (χ0n) is 66.4. The van der Waals surface area contributed by atoms with E-state index >= 15 is 0 Å². The molecule has 6 spiro atoms. The summed E-state index contributed by atoms with van der Waals surface area (Å²) >= 11 is 0. The Labute approximate surface area is 569 Å². The molecule has 0 bridgehead atoms. The predicted octanol–water partition coefficient (Wildman–Crippen LogP) is 15.1. The van der Waals surface area contributed by atoms with Crippen LogP contribution in [0.4, 0.5) is 0 Å². The fraction of sp³-hybridized carbons (Fsp3) is 1.00. The summed E-state index contributed by atoms with van der Waals surface area (Å²) in [6.07, 6.45) is 25.0. The van der Waals surface area contributed by atoms with E-state index in [1.165, 1.54) is 294 Å². The van der Waals surface area contributed by atoms with E-state index in [4.69, 9.17) is 0 Å². The lowest BCUT2D eigenvalue weighted by molar-refractivity contribution is -0.952. The molecule has 12 aliphatic heterocycles. The average molecular weight is 1280 g/mol. The van der Waals surface area contributed by atoms with E-state index in [1.807, 2.05) is 0 Å².